The average molecular weight is 187 g/mol. The third-order valence-corrected chi connectivity index (χ3v) is 2.33. The van der Waals surface area contributed by atoms with Crippen LogP contribution < -0.4 is 5.32 Å². The number of rotatable bonds is 10. The molecule has 13 heavy (non-hydrogen) atoms. The second-order valence-electron chi connectivity index (χ2n) is 3.66. The molecule has 0 rings (SSSR count). The highest BCUT2D eigenvalue weighted by Crippen LogP contribution is 2.07. The van der Waals surface area contributed by atoms with Gasteiger partial charge in [-0.15, -0.1) is 0 Å². The molecule has 0 aliphatic carbocycles. The quantitative estimate of drug-likeness (QED) is 0.514. The van der Waals surface area contributed by atoms with Crippen LogP contribution in [0.2, 0.25) is 0 Å². The highest BCUT2D eigenvalue weighted by Gasteiger charge is 1.91. The van der Waals surface area contributed by atoms with E-state index in [9.17, 15) is 0 Å². The van der Waals surface area contributed by atoms with Crippen LogP contribution in [0.15, 0.2) is 0 Å². The smallest absolute Gasteiger partial charge is 0.0431 e. The Bertz CT molecular complexity index is 76.2. The summed E-state index contributed by atoms with van der Waals surface area (Å²) in [4.78, 5) is 0. The van der Waals surface area contributed by atoms with Crippen LogP contribution in [0, 0.1) is 0 Å². The van der Waals surface area contributed by atoms with E-state index < -0.39 is 0 Å². The first-order chi connectivity index (χ1) is 6.41. The Labute approximate surface area is 82.7 Å². The lowest BCUT2D eigenvalue weighted by molar-refractivity contribution is 0.282. The molecular formula is C11H25NO. The number of unbranched alkanes of at least 4 members (excludes halogenated alkanes) is 7. The normalized spacial score (nSPS) is 10.6. The minimum absolute atomic E-state index is 0.363. The summed E-state index contributed by atoms with van der Waals surface area (Å²) in [6, 6.07) is 0. The fraction of sp³-hybridized carbons (Fsp3) is 1.00. The Morgan fingerprint density at radius 3 is 1.69 bits per heavy atom. The van der Waals surface area contributed by atoms with Crippen molar-refractivity contribution in [2.24, 2.45) is 0 Å². The largest absolute Gasteiger partial charge is 0.396 e. The van der Waals surface area contributed by atoms with Crippen LogP contribution in [0.1, 0.15) is 51.4 Å². The van der Waals surface area contributed by atoms with E-state index in [4.69, 9.17) is 5.11 Å². The Morgan fingerprint density at radius 2 is 1.23 bits per heavy atom. The first-order valence-corrected chi connectivity index (χ1v) is 5.67. The maximum atomic E-state index is 8.56. The molecule has 0 fully saturated rings. The highest BCUT2D eigenvalue weighted by atomic mass is 16.2. The topological polar surface area (TPSA) is 32.3 Å². The lowest BCUT2D eigenvalue weighted by Gasteiger charge is -2.01. The molecule has 0 saturated heterocycles. The number of hydrogen-bond acceptors (Lipinski definition) is 2. The minimum atomic E-state index is 0.363. The molecule has 0 aromatic heterocycles. The molecule has 0 aromatic carbocycles. The number of hydrogen-bond donors (Lipinski definition) is 2. The van der Waals surface area contributed by atoms with E-state index in [1.165, 1.54) is 44.9 Å². The molecule has 0 atom stereocenters. The van der Waals surface area contributed by atoms with E-state index in [0.29, 0.717) is 6.61 Å². The van der Waals surface area contributed by atoms with Crippen molar-refractivity contribution in [3.63, 3.8) is 0 Å². The highest BCUT2D eigenvalue weighted by molar-refractivity contribution is 4.47. The zero-order valence-corrected chi connectivity index (χ0v) is 9.02. The van der Waals surface area contributed by atoms with Crippen molar-refractivity contribution in [2.75, 3.05) is 20.2 Å². The predicted molar refractivity (Wildman–Crippen MR) is 57.9 cm³/mol. The lowest BCUT2D eigenvalue weighted by Crippen LogP contribution is -2.06. The van der Waals surface area contributed by atoms with Crippen LogP contribution in [0.4, 0.5) is 0 Å². The maximum absolute atomic E-state index is 8.56. The Balaban J connectivity index is 2.76. The molecule has 0 bridgehead atoms. The second kappa shape index (κ2) is 11.9. The Hall–Kier alpha value is -0.0800. The van der Waals surface area contributed by atoms with Crippen LogP contribution in [0.25, 0.3) is 0 Å². The fourth-order valence-electron chi connectivity index (χ4n) is 1.47. The zero-order valence-electron chi connectivity index (χ0n) is 9.02. The monoisotopic (exact) mass is 187 g/mol. The minimum Gasteiger partial charge on any atom is -0.396 e. The van der Waals surface area contributed by atoms with E-state index in [2.05, 4.69) is 5.32 Å². The van der Waals surface area contributed by atoms with Gasteiger partial charge in [0.25, 0.3) is 0 Å². The summed E-state index contributed by atoms with van der Waals surface area (Å²) < 4.78 is 0. The average Bonchev–Trinajstić information content (AvgIpc) is 2.16. The van der Waals surface area contributed by atoms with Gasteiger partial charge in [0, 0.05) is 6.61 Å². The van der Waals surface area contributed by atoms with Crippen molar-refractivity contribution in [1.82, 2.24) is 5.32 Å². The van der Waals surface area contributed by atoms with Crippen molar-refractivity contribution in [3.05, 3.63) is 0 Å². The molecule has 0 saturated carbocycles. The van der Waals surface area contributed by atoms with Crippen LogP contribution >= 0.6 is 0 Å². The number of nitrogens with one attached hydrogen (secondary N) is 1. The van der Waals surface area contributed by atoms with Gasteiger partial charge >= 0.3 is 0 Å². The summed E-state index contributed by atoms with van der Waals surface area (Å²) in [5, 5.41) is 11.7. The summed E-state index contributed by atoms with van der Waals surface area (Å²) >= 11 is 0. The van der Waals surface area contributed by atoms with Gasteiger partial charge in [-0.3, -0.25) is 0 Å². The molecule has 0 aliphatic rings. The molecule has 0 unspecified atom stereocenters. The summed E-state index contributed by atoms with van der Waals surface area (Å²) in [5.74, 6) is 0. The fourth-order valence-corrected chi connectivity index (χ4v) is 1.47. The Kier molecular flexibility index (Phi) is 11.8. The molecule has 0 aromatic rings. The van der Waals surface area contributed by atoms with E-state index in [-0.39, 0.29) is 0 Å². The Morgan fingerprint density at radius 1 is 0.769 bits per heavy atom. The number of aliphatic hydroxyl groups is 1. The van der Waals surface area contributed by atoms with Gasteiger partial charge in [-0.25, -0.2) is 0 Å². The van der Waals surface area contributed by atoms with Crippen LogP contribution in [-0.4, -0.2) is 25.3 Å². The van der Waals surface area contributed by atoms with Gasteiger partial charge in [-0.05, 0) is 26.4 Å². The van der Waals surface area contributed by atoms with E-state index in [1.807, 2.05) is 7.05 Å². The molecule has 0 heterocycles. The van der Waals surface area contributed by atoms with Crippen LogP contribution in [0.5, 0.6) is 0 Å². The van der Waals surface area contributed by atoms with Crippen molar-refractivity contribution in [3.8, 4) is 0 Å². The second-order valence-corrected chi connectivity index (χ2v) is 3.66. The summed E-state index contributed by atoms with van der Waals surface area (Å²) in [6.07, 6.45) is 10.3. The summed E-state index contributed by atoms with van der Waals surface area (Å²) in [7, 11) is 2.01. The number of aliphatic hydroxyl groups excluding tert-OH is 1. The van der Waals surface area contributed by atoms with E-state index in [0.717, 1.165) is 13.0 Å². The van der Waals surface area contributed by atoms with Gasteiger partial charge in [-0.1, -0.05) is 38.5 Å². The molecule has 0 radical (unpaired) electrons. The van der Waals surface area contributed by atoms with Gasteiger partial charge < -0.3 is 10.4 Å². The lowest BCUT2D eigenvalue weighted by atomic mass is 10.1. The van der Waals surface area contributed by atoms with Gasteiger partial charge in [0.15, 0.2) is 0 Å². The SMILES string of the molecule is CNCCCCCCCCCCO. The van der Waals surface area contributed by atoms with Crippen molar-refractivity contribution in [1.29, 1.82) is 0 Å². The van der Waals surface area contributed by atoms with Crippen molar-refractivity contribution >= 4 is 0 Å². The first kappa shape index (κ1) is 12.9. The van der Waals surface area contributed by atoms with Crippen LogP contribution in [-0.2, 0) is 0 Å². The van der Waals surface area contributed by atoms with Gasteiger partial charge in [-0.2, -0.15) is 0 Å². The predicted octanol–water partition coefficient (Wildman–Crippen LogP) is 2.32. The molecule has 2 nitrogen and oxygen atoms in total. The molecule has 0 aliphatic heterocycles. The van der Waals surface area contributed by atoms with Gasteiger partial charge in [0.2, 0.25) is 0 Å². The molecule has 80 valence electrons. The van der Waals surface area contributed by atoms with Gasteiger partial charge in [0.1, 0.15) is 0 Å². The maximum Gasteiger partial charge on any atom is 0.0431 e. The molecule has 0 amide bonds. The summed E-state index contributed by atoms with van der Waals surface area (Å²) in [5.41, 5.74) is 0. The van der Waals surface area contributed by atoms with Gasteiger partial charge in [0.05, 0.1) is 0 Å². The van der Waals surface area contributed by atoms with E-state index in [1.54, 1.807) is 0 Å². The van der Waals surface area contributed by atoms with E-state index >= 15 is 0 Å². The molecule has 0 spiro atoms. The summed E-state index contributed by atoms with van der Waals surface area (Å²) in [6.45, 7) is 1.52. The van der Waals surface area contributed by atoms with Crippen molar-refractivity contribution in [2.45, 2.75) is 51.4 Å². The first-order valence-electron chi connectivity index (χ1n) is 5.67. The standard InChI is InChI=1S/C11H25NO/c1-12-10-8-6-4-2-3-5-7-9-11-13/h12-13H,2-11H2,1H3. The molecular weight excluding hydrogens is 162 g/mol. The van der Waals surface area contributed by atoms with Crippen LogP contribution in [0.3, 0.4) is 0 Å². The third kappa shape index (κ3) is 11.9. The zero-order chi connectivity index (χ0) is 9.78. The van der Waals surface area contributed by atoms with Crippen molar-refractivity contribution < 1.29 is 5.11 Å². The molecule has 2 N–H and O–H groups in total. The molecule has 2 heteroatoms. The third-order valence-electron chi connectivity index (χ3n) is 2.33.